The normalized spacial score (nSPS) is 16.6. The Hall–Kier alpha value is -4.24. The number of aliphatic hydroxyl groups excluding tert-OH is 1. The molecule has 0 spiro atoms. The molecule has 6 rings (SSSR count). The molecular weight excluding hydrogens is 542 g/mol. The van der Waals surface area contributed by atoms with Gasteiger partial charge in [0.05, 0.1) is 18.2 Å². The smallest absolute Gasteiger partial charge is 0.294 e. The van der Waals surface area contributed by atoms with Crippen LogP contribution in [0.2, 0.25) is 0 Å². The van der Waals surface area contributed by atoms with Crippen molar-refractivity contribution in [2.75, 3.05) is 18.3 Å². The van der Waals surface area contributed by atoms with Crippen molar-refractivity contribution in [3.63, 3.8) is 0 Å². The molecule has 0 aliphatic carbocycles. The van der Waals surface area contributed by atoms with E-state index in [1.54, 1.807) is 60.7 Å². The highest BCUT2D eigenvalue weighted by Crippen LogP contribution is 2.45. The Morgan fingerprint density at radius 2 is 1.84 bits per heavy atom. The average Bonchev–Trinajstić information content (AvgIpc) is 3.60. The van der Waals surface area contributed by atoms with E-state index in [4.69, 9.17) is 18.6 Å². The third kappa shape index (κ3) is 3.92. The highest BCUT2D eigenvalue weighted by molar-refractivity contribution is 9.10. The fourth-order valence-corrected chi connectivity index (χ4v) is 5.00. The summed E-state index contributed by atoms with van der Waals surface area (Å²) in [4.78, 5) is 28.6. The molecule has 0 bridgehead atoms. The van der Waals surface area contributed by atoms with Crippen LogP contribution in [0.1, 0.15) is 29.1 Å². The third-order valence-electron chi connectivity index (χ3n) is 6.30. The third-order valence-corrected chi connectivity index (χ3v) is 6.79. The van der Waals surface area contributed by atoms with Gasteiger partial charge in [0.1, 0.15) is 11.3 Å². The van der Waals surface area contributed by atoms with Gasteiger partial charge in [0.15, 0.2) is 23.0 Å². The molecule has 1 atom stereocenters. The number of hydrogen-bond acceptors (Lipinski definition) is 7. The summed E-state index contributed by atoms with van der Waals surface area (Å²) in [7, 11) is 0. The lowest BCUT2D eigenvalue weighted by Crippen LogP contribution is -2.31. The standard InChI is InChI=1S/C28H20BrNO7/c1-2-34-19-7-3-15(4-8-19)25-24(26(31)23-12-16-11-17(29)5-9-20(16)37-23)27(32)28(33)30(25)18-6-10-21-22(13-18)36-14-35-21/h3-13,25,32H,2,14H2,1H3. The first-order valence-corrected chi connectivity index (χ1v) is 12.4. The maximum atomic E-state index is 13.8. The number of benzene rings is 3. The van der Waals surface area contributed by atoms with Gasteiger partial charge in [-0.15, -0.1) is 0 Å². The summed E-state index contributed by atoms with van der Waals surface area (Å²) in [5, 5.41) is 11.8. The SMILES string of the molecule is CCOc1ccc(C2C(C(=O)c3cc4cc(Br)ccc4o3)=C(O)C(=O)N2c2ccc3c(c2)OCO3)cc1. The number of anilines is 1. The fraction of sp³-hybridized carbons (Fsp3) is 0.143. The minimum atomic E-state index is -0.920. The summed E-state index contributed by atoms with van der Waals surface area (Å²) in [6, 6.07) is 18.1. The lowest BCUT2D eigenvalue weighted by atomic mass is 9.94. The van der Waals surface area contributed by atoms with Crippen LogP contribution in [-0.2, 0) is 4.79 Å². The Morgan fingerprint density at radius 3 is 2.62 bits per heavy atom. The molecule has 37 heavy (non-hydrogen) atoms. The molecule has 3 aromatic carbocycles. The Balaban J connectivity index is 1.47. The molecule has 2 aliphatic heterocycles. The maximum absolute atomic E-state index is 13.8. The van der Waals surface area contributed by atoms with Gasteiger partial charge < -0.3 is 23.7 Å². The van der Waals surface area contributed by atoms with E-state index in [-0.39, 0.29) is 18.1 Å². The van der Waals surface area contributed by atoms with E-state index < -0.39 is 23.5 Å². The molecule has 8 nitrogen and oxygen atoms in total. The number of aliphatic hydroxyl groups is 1. The lowest BCUT2D eigenvalue weighted by Gasteiger charge is -2.27. The summed E-state index contributed by atoms with van der Waals surface area (Å²) in [6.07, 6.45) is 0. The molecule has 0 fully saturated rings. The summed E-state index contributed by atoms with van der Waals surface area (Å²) >= 11 is 3.42. The Morgan fingerprint density at radius 1 is 1.05 bits per heavy atom. The van der Waals surface area contributed by atoms with Gasteiger partial charge in [-0.25, -0.2) is 0 Å². The second-order valence-corrected chi connectivity index (χ2v) is 9.42. The van der Waals surface area contributed by atoms with Crippen molar-refractivity contribution in [1.29, 1.82) is 0 Å². The van der Waals surface area contributed by atoms with Crippen LogP contribution in [0.15, 0.2) is 87.0 Å². The molecule has 0 saturated carbocycles. The lowest BCUT2D eigenvalue weighted by molar-refractivity contribution is -0.117. The van der Waals surface area contributed by atoms with E-state index in [0.29, 0.717) is 46.1 Å². The number of Topliss-reactive ketones (excluding diaryl/α,β-unsaturated/α-hetero) is 1. The summed E-state index contributed by atoms with van der Waals surface area (Å²) in [5.41, 5.74) is 1.49. The molecule has 4 aromatic rings. The fourth-order valence-electron chi connectivity index (χ4n) is 4.63. The van der Waals surface area contributed by atoms with E-state index in [1.807, 2.05) is 13.0 Å². The van der Waals surface area contributed by atoms with Crippen molar-refractivity contribution in [3.8, 4) is 17.2 Å². The highest BCUT2D eigenvalue weighted by Gasteiger charge is 2.45. The van der Waals surface area contributed by atoms with Crippen LogP contribution < -0.4 is 19.1 Å². The number of ketones is 1. The van der Waals surface area contributed by atoms with Crippen molar-refractivity contribution >= 4 is 44.3 Å². The van der Waals surface area contributed by atoms with E-state index in [1.165, 1.54) is 4.90 Å². The molecule has 1 N–H and O–H groups in total. The number of halogens is 1. The topological polar surface area (TPSA) is 98.4 Å². The van der Waals surface area contributed by atoms with Crippen LogP contribution >= 0.6 is 15.9 Å². The number of hydrogen-bond donors (Lipinski definition) is 1. The van der Waals surface area contributed by atoms with Gasteiger partial charge in [0.2, 0.25) is 12.6 Å². The Labute approximate surface area is 219 Å². The molecular formula is C28H20BrNO7. The number of ether oxygens (including phenoxy) is 3. The van der Waals surface area contributed by atoms with Crippen molar-refractivity contribution in [2.45, 2.75) is 13.0 Å². The summed E-state index contributed by atoms with van der Waals surface area (Å²) < 4.78 is 23.1. The second kappa shape index (κ2) is 9.01. The minimum absolute atomic E-state index is 0.0194. The first kappa shape index (κ1) is 23.2. The first-order chi connectivity index (χ1) is 17.9. The first-order valence-electron chi connectivity index (χ1n) is 11.6. The van der Waals surface area contributed by atoms with Crippen molar-refractivity contribution in [1.82, 2.24) is 0 Å². The molecule has 186 valence electrons. The number of carbonyl (C=O) groups excluding carboxylic acids is 2. The number of fused-ring (bicyclic) bond motifs is 2. The number of rotatable bonds is 6. The zero-order valence-corrected chi connectivity index (χ0v) is 21.2. The van der Waals surface area contributed by atoms with Gasteiger partial charge >= 0.3 is 0 Å². The largest absolute Gasteiger partial charge is 0.503 e. The monoisotopic (exact) mass is 561 g/mol. The van der Waals surface area contributed by atoms with Gasteiger partial charge in [-0.05, 0) is 61.0 Å². The van der Waals surface area contributed by atoms with Gasteiger partial charge in [0.25, 0.3) is 5.91 Å². The van der Waals surface area contributed by atoms with Crippen LogP contribution in [-0.4, -0.2) is 30.2 Å². The molecule has 0 saturated heterocycles. The van der Waals surface area contributed by atoms with Crippen molar-refractivity contribution < 1.29 is 33.3 Å². The maximum Gasteiger partial charge on any atom is 0.294 e. The zero-order valence-electron chi connectivity index (χ0n) is 19.6. The van der Waals surface area contributed by atoms with E-state index in [0.717, 1.165) is 4.47 Å². The predicted molar refractivity (Wildman–Crippen MR) is 138 cm³/mol. The predicted octanol–water partition coefficient (Wildman–Crippen LogP) is 6.11. The molecule has 2 aliphatic rings. The second-order valence-electron chi connectivity index (χ2n) is 8.50. The van der Waals surface area contributed by atoms with Gasteiger partial charge in [-0.2, -0.15) is 0 Å². The molecule has 1 amide bonds. The van der Waals surface area contributed by atoms with Gasteiger partial charge in [-0.1, -0.05) is 28.1 Å². The van der Waals surface area contributed by atoms with Crippen LogP contribution in [0.4, 0.5) is 5.69 Å². The summed E-state index contributed by atoms with van der Waals surface area (Å²) in [5.74, 6) is -0.240. The average molecular weight is 562 g/mol. The quantitative estimate of drug-likeness (QED) is 0.284. The number of furan rings is 1. The number of amides is 1. The van der Waals surface area contributed by atoms with E-state index in [2.05, 4.69) is 15.9 Å². The van der Waals surface area contributed by atoms with E-state index in [9.17, 15) is 14.7 Å². The molecule has 9 heteroatoms. The number of carbonyl (C=O) groups is 2. The van der Waals surface area contributed by atoms with E-state index >= 15 is 0 Å². The van der Waals surface area contributed by atoms with Crippen LogP contribution in [0.3, 0.4) is 0 Å². The molecule has 1 aromatic heterocycles. The van der Waals surface area contributed by atoms with Crippen LogP contribution in [0.25, 0.3) is 11.0 Å². The van der Waals surface area contributed by atoms with Crippen molar-refractivity contribution in [3.05, 3.63) is 93.9 Å². The van der Waals surface area contributed by atoms with Gasteiger partial charge in [-0.3, -0.25) is 14.5 Å². The molecule has 3 heterocycles. The Bertz CT molecular complexity index is 1590. The molecule has 1 unspecified atom stereocenters. The van der Waals surface area contributed by atoms with Crippen LogP contribution in [0, 0.1) is 0 Å². The summed E-state index contributed by atoms with van der Waals surface area (Å²) in [6.45, 7) is 2.45. The number of nitrogens with zero attached hydrogens (tertiary/aromatic N) is 1. The molecule has 0 radical (unpaired) electrons. The van der Waals surface area contributed by atoms with Crippen molar-refractivity contribution in [2.24, 2.45) is 0 Å². The Kier molecular flexibility index (Phi) is 5.64. The zero-order chi connectivity index (χ0) is 25.7. The minimum Gasteiger partial charge on any atom is -0.503 e. The van der Waals surface area contributed by atoms with Crippen LogP contribution in [0.5, 0.6) is 17.2 Å². The van der Waals surface area contributed by atoms with Gasteiger partial charge in [0, 0.05) is 21.6 Å². The highest BCUT2D eigenvalue weighted by atomic mass is 79.9.